The molecule has 6 aromatic rings. The Labute approximate surface area is 232 Å². The number of fused-ring (bicyclic) bond motifs is 1. The van der Waals surface area contributed by atoms with Crippen LogP contribution in [-0.4, -0.2) is 16.5 Å². The van der Waals surface area contributed by atoms with Crippen LogP contribution in [0.25, 0.3) is 33.5 Å². The number of para-hydroxylation sites is 4. The second-order valence-electron chi connectivity index (χ2n) is 8.56. The normalized spacial score (nSPS) is 10.0. The number of anilines is 2. The number of hydrogen-bond donors (Lipinski definition) is 0. The van der Waals surface area contributed by atoms with Gasteiger partial charge in [0, 0.05) is 29.0 Å². The van der Waals surface area contributed by atoms with Crippen LogP contribution in [0, 0.1) is 0 Å². The Morgan fingerprint density at radius 3 is 1.08 bits per heavy atom. The van der Waals surface area contributed by atoms with Gasteiger partial charge in [-0.05, 0) is 43.3 Å². The Morgan fingerprint density at radius 2 is 0.744 bits per heavy atom. The molecule has 0 atom stereocenters. The van der Waals surface area contributed by atoms with E-state index in [4.69, 9.17) is 9.97 Å². The van der Waals surface area contributed by atoms with Gasteiger partial charge in [-0.25, -0.2) is 9.97 Å². The predicted molar refractivity (Wildman–Crippen MR) is 167 cm³/mol. The summed E-state index contributed by atoms with van der Waals surface area (Å²) in [7, 11) is 0. The van der Waals surface area contributed by atoms with Crippen molar-refractivity contribution in [2.24, 2.45) is 0 Å². The van der Waals surface area contributed by atoms with Crippen LogP contribution < -0.4 is 4.90 Å². The zero-order valence-corrected chi connectivity index (χ0v) is 22.9. The average Bonchev–Trinajstić information content (AvgIpc) is 3.04. The molecule has 0 radical (unpaired) electrons. The van der Waals surface area contributed by atoms with Crippen molar-refractivity contribution in [1.29, 1.82) is 0 Å². The highest BCUT2D eigenvalue weighted by atomic mass is 15.1. The summed E-state index contributed by atoms with van der Waals surface area (Å²) in [5.74, 6) is 0. The summed E-state index contributed by atoms with van der Waals surface area (Å²) in [4.78, 5) is 12.0. The summed E-state index contributed by atoms with van der Waals surface area (Å²) in [5.41, 5.74) is 8.33. The second-order valence-corrected chi connectivity index (χ2v) is 8.56. The van der Waals surface area contributed by atoms with Crippen molar-refractivity contribution in [2.45, 2.75) is 20.8 Å². The van der Waals surface area contributed by atoms with Crippen LogP contribution in [-0.2, 0) is 0 Å². The molecule has 0 saturated heterocycles. The smallest absolute Gasteiger partial charge is 0.0973 e. The zero-order valence-electron chi connectivity index (χ0n) is 22.9. The molecule has 0 amide bonds. The molecule has 0 unspecified atom stereocenters. The minimum Gasteiger partial charge on any atom is -0.342 e. The van der Waals surface area contributed by atoms with Gasteiger partial charge in [0.2, 0.25) is 0 Å². The van der Waals surface area contributed by atoms with Crippen LogP contribution in [0.3, 0.4) is 0 Å². The van der Waals surface area contributed by atoms with Crippen molar-refractivity contribution in [1.82, 2.24) is 9.97 Å². The number of hydrogen-bond acceptors (Lipinski definition) is 3. The molecule has 0 spiro atoms. The van der Waals surface area contributed by atoms with Gasteiger partial charge in [0.05, 0.1) is 22.4 Å². The molecule has 3 heteroatoms. The highest BCUT2D eigenvalue weighted by Crippen LogP contribution is 2.30. The van der Waals surface area contributed by atoms with Gasteiger partial charge in [0.15, 0.2) is 0 Å². The minimum absolute atomic E-state index is 0.918. The summed E-state index contributed by atoms with van der Waals surface area (Å²) in [6.45, 7) is 7.15. The van der Waals surface area contributed by atoms with Gasteiger partial charge in [0.25, 0.3) is 0 Å². The summed E-state index contributed by atoms with van der Waals surface area (Å²) in [5, 5.41) is 0. The van der Waals surface area contributed by atoms with Crippen molar-refractivity contribution in [2.75, 3.05) is 11.4 Å². The molecule has 3 nitrogen and oxygen atoms in total. The maximum Gasteiger partial charge on any atom is 0.0973 e. The van der Waals surface area contributed by atoms with Gasteiger partial charge in [-0.2, -0.15) is 0 Å². The molecule has 39 heavy (non-hydrogen) atoms. The number of benzene rings is 5. The van der Waals surface area contributed by atoms with E-state index in [9.17, 15) is 0 Å². The molecule has 194 valence electrons. The lowest BCUT2D eigenvalue weighted by molar-refractivity contribution is 1.02. The van der Waals surface area contributed by atoms with Crippen molar-refractivity contribution in [3.8, 4) is 22.5 Å². The fourth-order valence-corrected chi connectivity index (χ4v) is 4.32. The summed E-state index contributed by atoms with van der Waals surface area (Å²) in [6.07, 6.45) is 0. The highest BCUT2D eigenvalue weighted by molar-refractivity contribution is 5.86. The van der Waals surface area contributed by atoms with E-state index >= 15 is 0 Å². The number of aromatic nitrogens is 2. The van der Waals surface area contributed by atoms with Gasteiger partial charge in [-0.15, -0.1) is 0 Å². The van der Waals surface area contributed by atoms with E-state index in [0.717, 1.165) is 40.1 Å². The lowest BCUT2D eigenvalue weighted by atomic mass is 10.0. The fraction of sp³-hybridized carbons (Fsp3) is 0.111. The molecule has 0 aliphatic carbocycles. The number of rotatable bonds is 5. The van der Waals surface area contributed by atoms with E-state index in [-0.39, 0.29) is 0 Å². The van der Waals surface area contributed by atoms with E-state index in [0.29, 0.717) is 0 Å². The maximum absolute atomic E-state index is 4.86. The van der Waals surface area contributed by atoms with E-state index in [1.165, 1.54) is 11.4 Å². The monoisotopic (exact) mass is 509 g/mol. The van der Waals surface area contributed by atoms with Gasteiger partial charge < -0.3 is 4.90 Å². The Hall–Kier alpha value is -4.76. The first-order chi connectivity index (χ1) is 19.3. The highest BCUT2D eigenvalue weighted by Gasteiger charge is 2.12. The quantitative estimate of drug-likeness (QED) is 0.231. The van der Waals surface area contributed by atoms with Gasteiger partial charge in [-0.1, -0.05) is 123 Å². The second kappa shape index (κ2) is 14.3. The Morgan fingerprint density at radius 1 is 0.436 bits per heavy atom. The van der Waals surface area contributed by atoms with Gasteiger partial charge in [0.1, 0.15) is 0 Å². The molecule has 0 saturated carbocycles. The molecule has 6 rings (SSSR count). The third-order valence-corrected chi connectivity index (χ3v) is 6.12. The van der Waals surface area contributed by atoms with Crippen molar-refractivity contribution in [3.05, 3.63) is 146 Å². The largest absolute Gasteiger partial charge is 0.342 e. The maximum atomic E-state index is 4.86. The van der Waals surface area contributed by atoms with E-state index in [1.807, 2.05) is 86.6 Å². The predicted octanol–water partition coefficient (Wildman–Crippen LogP) is 9.83. The topological polar surface area (TPSA) is 29.0 Å². The Kier molecular flexibility index (Phi) is 9.97. The molecule has 0 fully saturated rings. The van der Waals surface area contributed by atoms with E-state index in [1.54, 1.807) is 0 Å². The summed E-state index contributed by atoms with van der Waals surface area (Å²) >= 11 is 0. The van der Waals surface area contributed by atoms with Crippen LogP contribution >= 0.6 is 0 Å². The lowest BCUT2D eigenvalue weighted by Crippen LogP contribution is -2.15. The van der Waals surface area contributed by atoms with Gasteiger partial charge in [-0.3, -0.25) is 0 Å². The third-order valence-electron chi connectivity index (χ3n) is 6.12. The van der Waals surface area contributed by atoms with E-state index in [2.05, 4.69) is 84.6 Å². The van der Waals surface area contributed by atoms with Crippen LogP contribution in [0.1, 0.15) is 20.8 Å². The summed E-state index contributed by atoms with van der Waals surface area (Å²) in [6, 6.07) is 49.3. The van der Waals surface area contributed by atoms with E-state index < -0.39 is 0 Å². The average molecular weight is 510 g/mol. The first-order valence-electron chi connectivity index (χ1n) is 13.6. The molecular formula is C36H35N3. The molecule has 1 heterocycles. The lowest BCUT2D eigenvalue weighted by Gasteiger charge is -2.23. The van der Waals surface area contributed by atoms with Crippen molar-refractivity contribution < 1.29 is 0 Å². The fourth-order valence-electron chi connectivity index (χ4n) is 4.32. The van der Waals surface area contributed by atoms with Crippen LogP contribution in [0.4, 0.5) is 11.4 Å². The molecule has 5 aromatic carbocycles. The van der Waals surface area contributed by atoms with Crippen LogP contribution in [0.2, 0.25) is 0 Å². The molecule has 0 bridgehead atoms. The molecular weight excluding hydrogens is 474 g/mol. The Balaban J connectivity index is 0.000000182. The van der Waals surface area contributed by atoms with Crippen molar-refractivity contribution in [3.63, 3.8) is 0 Å². The van der Waals surface area contributed by atoms with Crippen LogP contribution in [0.15, 0.2) is 146 Å². The van der Waals surface area contributed by atoms with Gasteiger partial charge >= 0.3 is 0 Å². The molecule has 0 aliphatic heterocycles. The Bertz CT molecular complexity index is 1420. The minimum atomic E-state index is 0.918. The molecule has 1 aromatic heterocycles. The molecule has 0 aliphatic rings. The molecule has 0 N–H and O–H groups in total. The van der Waals surface area contributed by atoms with Crippen LogP contribution in [0.5, 0.6) is 0 Å². The van der Waals surface area contributed by atoms with Crippen molar-refractivity contribution >= 4 is 22.4 Å². The standard InChI is InChI=1S/C20H14N2.C14H15N.C2H6/c1-3-9-15(10-4-1)19-20(16-11-5-2-6-12-16)22-18-14-8-7-13-17(18)21-19;1-2-15(13-9-5-3-6-10-13)14-11-7-4-8-12-14;1-2/h1-14H;3-12H,2H2,1H3;1-2H3. The SMILES string of the molecule is CC.CCN(c1ccccc1)c1ccccc1.c1ccc(-c2nc3ccccc3nc2-c2ccccc2)cc1. The first-order valence-corrected chi connectivity index (χ1v) is 13.6. The first kappa shape index (κ1) is 27.3. The summed E-state index contributed by atoms with van der Waals surface area (Å²) < 4.78 is 0. The zero-order chi connectivity index (χ0) is 27.3. The number of nitrogens with zero attached hydrogens (tertiary/aromatic N) is 3. The third kappa shape index (κ3) is 6.97.